The predicted octanol–water partition coefficient (Wildman–Crippen LogP) is 3.00. The lowest BCUT2D eigenvalue weighted by molar-refractivity contribution is 0.771. The van der Waals surface area contributed by atoms with E-state index < -0.39 is 0 Å². The van der Waals surface area contributed by atoms with Crippen molar-refractivity contribution >= 4 is 23.0 Å². The molecule has 0 bridgehead atoms. The number of hydrogen-bond acceptors (Lipinski definition) is 8. The lowest BCUT2D eigenvalue weighted by atomic mass is 10.1. The lowest BCUT2D eigenvalue weighted by Crippen LogP contribution is -2.26. The Kier molecular flexibility index (Phi) is 7.98. The van der Waals surface area contributed by atoms with E-state index in [0.717, 1.165) is 84.8 Å². The van der Waals surface area contributed by atoms with Crippen LogP contribution in [0.2, 0.25) is 0 Å². The van der Waals surface area contributed by atoms with Crippen LogP contribution in [0.15, 0.2) is 83.0 Å². The fraction of sp³-hybridized carbons (Fsp3) is 0.286. The Morgan fingerprint density at radius 3 is 1.89 bits per heavy atom. The highest BCUT2D eigenvalue weighted by Gasteiger charge is 2.11. The van der Waals surface area contributed by atoms with Crippen LogP contribution in [0.4, 0.5) is 11.4 Å². The fourth-order valence-electron chi connectivity index (χ4n) is 4.41. The van der Waals surface area contributed by atoms with Gasteiger partial charge in [-0.1, -0.05) is 36.4 Å². The van der Waals surface area contributed by atoms with Gasteiger partial charge in [0.25, 0.3) is 0 Å². The van der Waals surface area contributed by atoms with E-state index in [9.17, 15) is 0 Å². The molecule has 0 saturated carbocycles. The van der Waals surface area contributed by atoms with Gasteiger partial charge in [0.1, 0.15) is 11.7 Å². The third-order valence-electron chi connectivity index (χ3n) is 6.32. The molecule has 2 aliphatic rings. The van der Waals surface area contributed by atoms with Gasteiger partial charge >= 0.3 is 0 Å². The average molecular weight is 511 g/mol. The van der Waals surface area contributed by atoms with Crippen LogP contribution in [0.25, 0.3) is 22.5 Å². The Morgan fingerprint density at radius 2 is 1.37 bits per heavy atom. The third-order valence-corrected chi connectivity index (χ3v) is 6.32. The number of rotatable bonds is 8. The van der Waals surface area contributed by atoms with Gasteiger partial charge in [0.05, 0.1) is 37.6 Å². The minimum Gasteiger partial charge on any atom is -0.377 e. The summed E-state index contributed by atoms with van der Waals surface area (Å²) in [6.45, 7) is 5.09. The van der Waals surface area contributed by atoms with Crippen LogP contribution < -0.4 is 21.3 Å². The molecule has 0 fully saturated rings. The number of anilines is 2. The zero-order valence-corrected chi connectivity index (χ0v) is 21.9. The number of nitrogens with zero attached hydrogens (tertiary/aromatic N) is 6. The molecule has 0 spiro atoms. The van der Waals surface area contributed by atoms with Gasteiger partial charge < -0.3 is 21.3 Å². The largest absolute Gasteiger partial charge is 0.377 e. The summed E-state index contributed by atoms with van der Waals surface area (Å²) in [6, 6.07) is 20.5. The van der Waals surface area contributed by atoms with E-state index in [2.05, 4.69) is 65.7 Å². The van der Waals surface area contributed by atoms with Crippen molar-refractivity contribution in [2.24, 2.45) is 24.1 Å². The Balaban J connectivity index is 0.000000155. The first-order valence-corrected chi connectivity index (χ1v) is 12.9. The van der Waals surface area contributed by atoms with Crippen molar-refractivity contribution in [2.75, 3.05) is 49.9 Å². The van der Waals surface area contributed by atoms with Gasteiger partial charge in [0, 0.05) is 62.1 Å². The van der Waals surface area contributed by atoms with E-state index in [1.807, 2.05) is 72.3 Å². The van der Waals surface area contributed by atoms with Gasteiger partial charge in [-0.15, -0.1) is 0 Å². The van der Waals surface area contributed by atoms with Crippen LogP contribution in [0.3, 0.4) is 0 Å². The maximum Gasteiger partial charge on any atom is 0.116 e. The summed E-state index contributed by atoms with van der Waals surface area (Å²) in [6.07, 6.45) is 3.77. The second-order valence-corrected chi connectivity index (χ2v) is 9.02. The highest BCUT2D eigenvalue weighted by molar-refractivity contribution is 5.89. The predicted molar refractivity (Wildman–Crippen MR) is 155 cm³/mol. The summed E-state index contributed by atoms with van der Waals surface area (Å²) in [4.78, 5) is 8.77. The van der Waals surface area contributed by atoms with Crippen molar-refractivity contribution in [1.82, 2.24) is 30.2 Å². The van der Waals surface area contributed by atoms with Crippen LogP contribution in [-0.4, -0.2) is 70.5 Å². The van der Waals surface area contributed by atoms with Crippen LogP contribution in [0.1, 0.15) is 0 Å². The van der Waals surface area contributed by atoms with Gasteiger partial charge in [-0.25, -0.2) is 0 Å². The van der Waals surface area contributed by atoms with Crippen LogP contribution in [0, 0.1) is 0 Å². The van der Waals surface area contributed by atoms with E-state index in [1.165, 1.54) is 0 Å². The normalized spacial score (nSPS) is 14.1. The summed E-state index contributed by atoms with van der Waals surface area (Å²) in [5.74, 6) is 2.05. The topological polar surface area (TPSA) is 108 Å². The molecule has 0 unspecified atom stereocenters. The standard InChI is InChI=1S/2C14H17N5/c1-19-9-6-13(18-19)11-4-2-3-5-12(11)17-10-14-15-7-8-16-14;1-19-13(6-7-18-19)11-4-2-3-5-12(11)17-10-14-15-8-9-16-14/h2-6,9,17H,7-8,10H2,1H3,(H,15,16);2-7,17H,8-10H2,1H3,(H,15,16). The Labute approximate surface area is 222 Å². The zero-order chi connectivity index (χ0) is 26.2. The maximum absolute atomic E-state index is 4.45. The van der Waals surface area contributed by atoms with Crippen molar-refractivity contribution in [3.63, 3.8) is 0 Å². The maximum atomic E-state index is 4.45. The van der Waals surface area contributed by atoms with Crippen LogP contribution in [0.5, 0.6) is 0 Å². The summed E-state index contributed by atoms with van der Waals surface area (Å²) >= 11 is 0. The molecule has 0 amide bonds. The number of para-hydroxylation sites is 2. The number of aromatic nitrogens is 4. The smallest absolute Gasteiger partial charge is 0.116 e. The number of aliphatic imine (C=N–C) groups is 2. The summed E-state index contributed by atoms with van der Waals surface area (Å²) in [5, 5.41) is 22.1. The van der Waals surface area contributed by atoms with Crippen molar-refractivity contribution in [3.05, 3.63) is 73.1 Å². The highest BCUT2D eigenvalue weighted by Crippen LogP contribution is 2.27. The molecule has 196 valence electrons. The molecule has 0 saturated heterocycles. The second kappa shape index (κ2) is 12.1. The second-order valence-electron chi connectivity index (χ2n) is 9.02. The van der Waals surface area contributed by atoms with Gasteiger partial charge in [-0.2, -0.15) is 10.2 Å². The third kappa shape index (κ3) is 6.20. The molecule has 4 N–H and O–H groups in total. The molecule has 2 aromatic heterocycles. The van der Waals surface area contributed by atoms with Gasteiger partial charge in [-0.3, -0.25) is 19.3 Å². The molecule has 0 aliphatic carbocycles. The number of hydrogen-bond donors (Lipinski definition) is 4. The molecule has 0 atom stereocenters. The first-order valence-electron chi connectivity index (χ1n) is 12.9. The van der Waals surface area contributed by atoms with Crippen molar-refractivity contribution < 1.29 is 0 Å². The summed E-state index contributed by atoms with van der Waals surface area (Å²) < 4.78 is 3.70. The van der Waals surface area contributed by atoms with Crippen molar-refractivity contribution in [2.45, 2.75) is 0 Å². The van der Waals surface area contributed by atoms with E-state index in [1.54, 1.807) is 0 Å². The first kappa shape index (κ1) is 25.1. The average Bonchev–Trinajstić information content (AvgIpc) is 3.76. The van der Waals surface area contributed by atoms with E-state index in [0.29, 0.717) is 0 Å². The van der Waals surface area contributed by atoms with Gasteiger partial charge in [-0.05, 0) is 24.3 Å². The minimum absolute atomic E-state index is 0.726. The monoisotopic (exact) mass is 510 g/mol. The highest BCUT2D eigenvalue weighted by atomic mass is 15.3. The quantitative estimate of drug-likeness (QED) is 0.290. The number of benzene rings is 2. The summed E-state index contributed by atoms with van der Waals surface area (Å²) in [7, 11) is 3.88. The lowest BCUT2D eigenvalue weighted by Gasteiger charge is -2.12. The van der Waals surface area contributed by atoms with Crippen molar-refractivity contribution in [3.8, 4) is 22.5 Å². The van der Waals surface area contributed by atoms with Crippen LogP contribution in [-0.2, 0) is 14.1 Å². The molecule has 10 heteroatoms. The molecule has 4 aromatic rings. The van der Waals surface area contributed by atoms with Crippen molar-refractivity contribution in [1.29, 1.82) is 0 Å². The molecule has 10 nitrogen and oxygen atoms in total. The molecule has 6 rings (SSSR count). The summed E-state index contributed by atoms with van der Waals surface area (Å²) in [5.41, 5.74) is 6.53. The molecule has 2 aliphatic heterocycles. The molecular formula is C28H34N10. The van der Waals surface area contributed by atoms with Gasteiger partial charge in [0.15, 0.2) is 0 Å². The molecule has 38 heavy (non-hydrogen) atoms. The molecule has 2 aromatic carbocycles. The number of nitrogens with one attached hydrogen (secondary N) is 4. The minimum atomic E-state index is 0.726. The molecular weight excluding hydrogens is 476 g/mol. The van der Waals surface area contributed by atoms with Gasteiger partial charge in [0.2, 0.25) is 0 Å². The SMILES string of the molecule is Cn1ccc(-c2ccccc2NCC2=NCCN2)n1.Cn1nccc1-c1ccccc1NCC1=NCCN1. The first-order chi connectivity index (χ1) is 18.7. The molecule has 0 radical (unpaired) electrons. The number of aryl methyl sites for hydroxylation is 2. The molecule has 4 heterocycles. The van der Waals surface area contributed by atoms with E-state index in [-0.39, 0.29) is 0 Å². The Bertz CT molecular complexity index is 1410. The fourth-order valence-corrected chi connectivity index (χ4v) is 4.41. The van der Waals surface area contributed by atoms with E-state index >= 15 is 0 Å². The van der Waals surface area contributed by atoms with Crippen LogP contribution >= 0.6 is 0 Å². The zero-order valence-electron chi connectivity index (χ0n) is 21.9. The Hall–Kier alpha value is -4.60. The number of amidine groups is 2. The van der Waals surface area contributed by atoms with E-state index in [4.69, 9.17) is 0 Å². The Morgan fingerprint density at radius 1 is 0.763 bits per heavy atom.